The van der Waals surface area contributed by atoms with Gasteiger partial charge >= 0.3 is 0 Å². The normalized spacial score (nSPS) is 20.0. The van der Waals surface area contributed by atoms with E-state index in [9.17, 15) is 13.6 Å². The molecule has 1 saturated heterocycles. The average molecular weight is 358 g/mol. The summed E-state index contributed by atoms with van der Waals surface area (Å²) in [6.45, 7) is 0.101. The van der Waals surface area contributed by atoms with Gasteiger partial charge in [0.1, 0.15) is 23.4 Å². The van der Waals surface area contributed by atoms with E-state index in [1.54, 1.807) is 23.2 Å². The number of carbonyl (C=O) groups is 1. The Morgan fingerprint density at radius 1 is 1.31 bits per heavy atom. The highest BCUT2D eigenvalue weighted by Gasteiger charge is 2.34. The van der Waals surface area contributed by atoms with Crippen molar-refractivity contribution in [2.45, 2.75) is 18.6 Å². The summed E-state index contributed by atoms with van der Waals surface area (Å²) in [6, 6.07) is 5.44. The van der Waals surface area contributed by atoms with Crippen LogP contribution in [0.5, 0.6) is 0 Å². The largest absolute Gasteiger partial charge is 0.399 e. The van der Waals surface area contributed by atoms with E-state index < -0.39 is 23.9 Å². The second kappa shape index (κ2) is 5.94. The van der Waals surface area contributed by atoms with Gasteiger partial charge in [-0.15, -0.1) is 0 Å². The standard InChI is InChI=1S/C17H16F2N6O/c18-10-3-9(4-12(20)5-10)14-6-11(19)8-24(14)15-1-2-25-17(23-15)13(7-22-25)16(21)26/h1-5,7,11,14H,6,8,20H2,(H2,21,26)/t11-,14+/m0/s1. The lowest BCUT2D eigenvalue weighted by atomic mass is 10.0. The lowest BCUT2D eigenvalue weighted by Gasteiger charge is -2.26. The number of alkyl halides is 1. The summed E-state index contributed by atoms with van der Waals surface area (Å²) in [5, 5.41) is 4.02. The zero-order chi connectivity index (χ0) is 18.4. The van der Waals surface area contributed by atoms with Gasteiger partial charge in [0.25, 0.3) is 5.91 Å². The second-order valence-corrected chi connectivity index (χ2v) is 6.30. The Labute approximate surface area is 147 Å². The smallest absolute Gasteiger partial charge is 0.254 e. The highest BCUT2D eigenvalue weighted by atomic mass is 19.1. The molecule has 0 spiro atoms. The molecule has 9 heteroatoms. The van der Waals surface area contributed by atoms with Crippen LogP contribution >= 0.6 is 0 Å². The molecule has 0 unspecified atom stereocenters. The molecule has 7 nitrogen and oxygen atoms in total. The van der Waals surface area contributed by atoms with Crippen molar-refractivity contribution < 1.29 is 13.6 Å². The Kier molecular flexibility index (Phi) is 3.71. The van der Waals surface area contributed by atoms with Crippen molar-refractivity contribution in [1.29, 1.82) is 0 Å². The van der Waals surface area contributed by atoms with Crippen LogP contribution < -0.4 is 16.4 Å². The van der Waals surface area contributed by atoms with E-state index >= 15 is 0 Å². The van der Waals surface area contributed by atoms with Gasteiger partial charge < -0.3 is 16.4 Å². The summed E-state index contributed by atoms with van der Waals surface area (Å²) >= 11 is 0. The number of hydrogen-bond donors (Lipinski definition) is 2. The first-order valence-corrected chi connectivity index (χ1v) is 8.03. The third-order valence-electron chi connectivity index (χ3n) is 4.49. The molecule has 3 aromatic rings. The maximum absolute atomic E-state index is 14.2. The Bertz CT molecular complexity index is 984. The number of nitrogens with two attached hydrogens (primary N) is 2. The van der Waals surface area contributed by atoms with Gasteiger partial charge in [0.15, 0.2) is 5.65 Å². The quantitative estimate of drug-likeness (QED) is 0.696. The van der Waals surface area contributed by atoms with E-state index in [0.29, 0.717) is 11.4 Å². The summed E-state index contributed by atoms with van der Waals surface area (Å²) in [5.74, 6) is -0.671. The molecular formula is C17H16F2N6O. The number of anilines is 2. The molecule has 1 aliphatic rings. The Morgan fingerprint density at radius 2 is 2.12 bits per heavy atom. The van der Waals surface area contributed by atoms with E-state index in [1.165, 1.54) is 22.8 Å². The van der Waals surface area contributed by atoms with Crippen LogP contribution in [0.15, 0.2) is 36.7 Å². The molecule has 26 heavy (non-hydrogen) atoms. The molecule has 2 atom stereocenters. The lowest BCUT2D eigenvalue weighted by Crippen LogP contribution is -2.25. The highest BCUT2D eigenvalue weighted by Crippen LogP contribution is 2.37. The van der Waals surface area contributed by atoms with Crippen LogP contribution in [-0.4, -0.2) is 33.2 Å². The Hall–Kier alpha value is -3.23. The number of nitrogen functional groups attached to an aromatic ring is 1. The first kappa shape index (κ1) is 16.2. The van der Waals surface area contributed by atoms with Crippen LogP contribution in [0.1, 0.15) is 28.4 Å². The number of rotatable bonds is 3. The molecule has 2 aromatic heterocycles. The molecule has 0 bridgehead atoms. The van der Waals surface area contributed by atoms with Crippen LogP contribution in [0, 0.1) is 5.82 Å². The first-order valence-electron chi connectivity index (χ1n) is 8.03. The monoisotopic (exact) mass is 358 g/mol. The van der Waals surface area contributed by atoms with Crippen LogP contribution in [0.2, 0.25) is 0 Å². The summed E-state index contributed by atoms with van der Waals surface area (Å²) in [6.07, 6.45) is 2.05. The lowest BCUT2D eigenvalue weighted by molar-refractivity contribution is 0.100. The third kappa shape index (κ3) is 2.71. The van der Waals surface area contributed by atoms with E-state index in [4.69, 9.17) is 11.5 Å². The maximum Gasteiger partial charge on any atom is 0.254 e. The molecule has 134 valence electrons. The minimum absolute atomic E-state index is 0.101. The number of halogens is 2. The van der Waals surface area contributed by atoms with E-state index in [0.717, 1.165) is 0 Å². The number of benzene rings is 1. The summed E-state index contributed by atoms with van der Waals surface area (Å²) < 4.78 is 29.3. The molecule has 1 aromatic carbocycles. The van der Waals surface area contributed by atoms with Gasteiger partial charge in [-0.05, 0) is 29.8 Å². The molecule has 0 radical (unpaired) electrons. The topological polar surface area (TPSA) is 103 Å². The van der Waals surface area contributed by atoms with Crippen molar-refractivity contribution in [1.82, 2.24) is 14.6 Å². The van der Waals surface area contributed by atoms with Crippen molar-refractivity contribution in [3.63, 3.8) is 0 Å². The number of amides is 1. The molecule has 0 aliphatic carbocycles. The third-order valence-corrected chi connectivity index (χ3v) is 4.49. The summed E-state index contributed by atoms with van der Waals surface area (Å²) in [5.41, 5.74) is 12.4. The van der Waals surface area contributed by atoms with Gasteiger partial charge in [-0.2, -0.15) is 5.10 Å². The fourth-order valence-corrected chi connectivity index (χ4v) is 3.38. The van der Waals surface area contributed by atoms with Crippen LogP contribution in [0.25, 0.3) is 5.65 Å². The summed E-state index contributed by atoms with van der Waals surface area (Å²) in [7, 11) is 0. The molecule has 0 saturated carbocycles. The van der Waals surface area contributed by atoms with Crippen LogP contribution in [0.3, 0.4) is 0 Å². The van der Waals surface area contributed by atoms with Gasteiger partial charge in [-0.3, -0.25) is 4.79 Å². The highest BCUT2D eigenvalue weighted by molar-refractivity contribution is 5.98. The number of carbonyl (C=O) groups excluding carboxylic acids is 1. The summed E-state index contributed by atoms with van der Waals surface area (Å²) in [4.78, 5) is 17.7. The van der Waals surface area contributed by atoms with Crippen molar-refractivity contribution in [3.05, 3.63) is 53.6 Å². The molecular weight excluding hydrogens is 342 g/mol. The molecule has 1 fully saturated rings. The second-order valence-electron chi connectivity index (χ2n) is 6.30. The zero-order valence-corrected chi connectivity index (χ0v) is 13.6. The number of aromatic nitrogens is 3. The van der Waals surface area contributed by atoms with Gasteiger partial charge in [-0.1, -0.05) is 0 Å². The van der Waals surface area contributed by atoms with Gasteiger partial charge in [0.05, 0.1) is 18.8 Å². The average Bonchev–Trinajstić information content (AvgIpc) is 3.16. The number of hydrogen-bond acceptors (Lipinski definition) is 5. The minimum Gasteiger partial charge on any atom is -0.399 e. The van der Waals surface area contributed by atoms with Crippen molar-refractivity contribution >= 4 is 23.1 Å². The predicted octanol–water partition coefficient (Wildman–Crippen LogP) is 1.84. The van der Waals surface area contributed by atoms with Gasteiger partial charge in [0.2, 0.25) is 0 Å². The van der Waals surface area contributed by atoms with E-state index in [-0.39, 0.29) is 29.9 Å². The number of nitrogens with zero attached hydrogens (tertiary/aromatic N) is 4. The van der Waals surface area contributed by atoms with Gasteiger partial charge in [-0.25, -0.2) is 18.3 Å². The zero-order valence-electron chi connectivity index (χ0n) is 13.6. The molecule has 1 aliphatic heterocycles. The molecule has 1 amide bonds. The maximum atomic E-state index is 14.2. The number of primary amides is 1. The SMILES string of the molecule is NC(=O)c1cnn2ccc(N3C[C@@H](F)C[C@@H]3c3cc(N)cc(F)c3)nc12. The van der Waals surface area contributed by atoms with Gasteiger partial charge in [0, 0.05) is 18.3 Å². The van der Waals surface area contributed by atoms with Crippen molar-refractivity contribution in [2.24, 2.45) is 5.73 Å². The Balaban J connectivity index is 1.78. The first-order chi connectivity index (χ1) is 12.4. The van der Waals surface area contributed by atoms with Crippen molar-refractivity contribution in [2.75, 3.05) is 17.2 Å². The predicted molar refractivity (Wildman–Crippen MR) is 91.9 cm³/mol. The molecule has 4 N–H and O–H groups in total. The van der Waals surface area contributed by atoms with Crippen LogP contribution in [-0.2, 0) is 0 Å². The minimum atomic E-state index is -1.09. The van der Waals surface area contributed by atoms with E-state index in [1.807, 2.05) is 0 Å². The fourth-order valence-electron chi connectivity index (χ4n) is 3.38. The fraction of sp³-hybridized carbons (Fsp3) is 0.235. The molecule has 3 heterocycles. The van der Waals surface area contributed by atoms with Crippen LogP contribution in [0.4, 0.5) is 20.3 Å². The van der Waals surface area contributed by atoms with Crippen molar-refractivity contribution in [3.8, 4) is 0 Å². The number of fused-ring (bicyclic) bond motifs is 1. The Morgan fingerprint density at radius 3 is 2.85 bits per heavy atom. The van der Waals surface area contributed by atoms with E-state index in [2.05, 4.69) is 10.1 Å². The molecule has 4 rings (SSSR count).